The molecular weight excluding hydrogens is 290 g/mol. The number of nitrogens with one attached hydrogen (secondary N) is 1. The molecule has 0 aromatic heterocycles. The van der Waals surface area contributed by atoms with Gasteiger partial charge in [0.1, 0.15) is 0 Å². The molecule has 1 N–H and O–H groups in total. The molecule has 21 heavy (non-hydrogen) atoms. The molecule has 1 saturated heterocycles. The fourth-order valence-corrected chi connectivity index (χ4v) is 4.14. The lowest BCUT2D eigenvalue weighted by atomic mass is 10.1. The van der Waals surface area contributed by atoms with Gasteiger partial charge in [0.15, 0.2) is 0 Å². The number of rotatable bonds is 7. The third-order valence-corrected chi connectivity index (χ3v) is 5.55. The molecule has 2 aliphatic rings. The van der Waals surface area contributed by atoms with Crippen molar-refractivity contribution in [3.05, 3.63) is 0 Å². The molecule has 124 valence electrons. The maximum absolute atomic E-state index is 11.1. The van der Waals surface area contributed by atoms with Crippen molar-refractivity contribution >= 4 is 10.0 Å². The monoisotopic (exact) mass is 319 g/mol. The van der Waals surface area contributed by atoms with E-state index in [1.165, 1.54) is 25.5 Å². The first-order valence-electron chi connectivity index (χ1n) is 7.82. The van der Waals surface area contributed by atoms with Crippen molar-refractivity contribution < 1.29 is 13.2 Å². The van der Waals surface area contributed by atoms with Crippen LogP contribution < -0.4 is 4.72 Å². The maximum atomic E-state index is 11.1. The summed E-state index contributed by atoms with van der Waals surface area (Å²) in [5.74, 6) is 0. The minimum atomic E-state index is -3.09. The van der Waals surface area contributed by atoms with Crippen LogP contribution in [0.3, 0.4) is 0 Å². The van der Waals surface area contributed by atoms with Gasteiger partial charge in [-0.05, 0) is 26.3 Å². The van der Waals surface area contributed by atoms with Gasteiger partial charge < -0.3 is 9.64 Å². The van der Waals surface area contributed by atoms with Gasteiger partial charge in [-0.1, -0.05) is 6.42 Å². The molecule has 0 radical (unpaired) electrons. The van der Waals surface area contributed by atoms with E-state index in [0.29, 0.717) is 24.7 Å². The van der Waals surface area contributed by atoms with Gasteiger partial charge in [-0.3, -0.25) is 4.90 Å². The third-order valence-electron chi connectivity index (χ3n) is 4.82. The van der Waals surface area contributed by atoms with Gasteiger partial charge in [0.2, 0.25) is 10.0 Å². The van der Waals surface area contributed by atoms with Crippen LogP contribution in [-0.4, -0.2) is 83.0 Å². The normalized spacial score (nSPS) is 31.3. The highest BCUT2D eigenvalue weighted by molar-refractivity contribution is 7.88. The molecule has 2 rings (SSSR count). The van der Waals surface area contributed by atoms with Gasteiger partial charge in [-0.15, -0.1) is 0 Å². The fraction of sp³-hybridized carbons (Fsp3) is 1.00. The molecule has 0 spiro atoms. The Morgan fingerprint density at radius 2 is 2.10 bits per heavy atom. The Hall–Kier alpha value is -0.210. The number of likely N-dealkylation sites (N-methyl/N-ethyl adjacent to an activating group) is 1. The van der Waals surface area contributed by atoms with E-state index in [-0.39, 0.29) is 0 Å². The molecule has 0 bridgehead atoms. The molecule has 7 heteroatoms. The zero-order valence-corrected chi connectivity index (χ0v) is 14.2. The number of likely N-dealkylation sites (tertiary alicyclic amines) is 1. The second-order valence-electron chi connectivity index (χ2n) is 6.35. The average molecular weight is 319 g/mol. The summed E-state index contributed by atoms with van der Waals surface area (Å²) < 4.78 is 30.3. The second kappa shape index (κ2) is 7.37. The van der Waals surface area contributed by atoms with E-state index < -0.39 is 10.0 Å². The Bertz CT molecular complexity index is 429. The minimum absolute atomic E-state index is 0.378. The van der Waals surface area contributed by atoms with Crippen LogP contribution >= 0.6 is 0 Å². The summed E-state index contributed by atoms with van der Waals surface area (Å²) in [7, 11) is 0.816. The Balaban J connectivity index is 1.83. The first-order valence-corrected chi connectivity index (χ1v) is 9.71. The van der Waals surface area contributed by atoms with Crippen LogP contribution in [-0.2, 0) is 14.8 Å². The van der Waals surface area contributed by atoms with E-state index in [4.69, 9.17) is 4.74 Å². The summed E-state index contributed by atoms with van der Waals surface area (Å²) in [4.78, 5) is 4.88. The molecule has 1 aliphatic heterocycles. The molecule has 1 saturated carbocycles. The first-order chi connectivity index (χ1) is 9.90. The van der Waals surface area contributed by atoms with Gasteiger partial charge in [0, 0.05) is 45.4 Å². The van der Waals surface area contributed by atoms with Crippen molar-refractivity contribution in [3.8, 4) is 0 Å². The SMILES string of the molecule is COC1CCN([C@H]2CCC[C@H]2N(C)CCNS(C)(=O)=O)C1. The molecule has 6 nitrogen and oxygen atoms in total. The lowest BCUT2D eigenvalue weighted by Crippen LogP contribution is -2.48. The lowest BCUT2D eigenvalue weighted by Gasteiger charge is -2.35. The molecule has 1 unspecified atom stereocenters. The van der Waals surface area contributed by atoms with Crippen molar-refractivity contribution in [2.45, 2.75) is 43.9 Å². The summed E-state index contributed by atoms with van der Waals surface area (Å²) in [6.07, 6.45) is 6.41. The molecule has 0 aromatic carbocycles. The third kappa shape index (κ3) is 4.89. The van der Waals surface area contributed by atoms with Gasteiger partial charge in [-0.25, -0.2) is 13.1 Å². The Kier molecular flexibility index (Phi) is 6.02. The van der Waals surface area contributed by atoms with E-state index in [1.54, 1.807) is 7.11 Å². The van der Waals surface area contributed by atoms with Crippen LogP contribution in [0.25, 0.3) is 0 Å². The second-order valence-corrected chi connectivity index (χ2v) is 8.19. The highest BCUT2D eigenvalue weighted by atomic mass is 32.2. The lowest BCUT2D eigenvalue weighted by molar-refractivity contribution is 0.0860. The smallest absolute Gasteiger partial charge is 0.208 e. The topological polar surface area (TPSA) is 61.9 Å². The molecular formula is C14H29N3O3S. The predicted octanol–water partition coefficient (Wildman–Crippen LogP) is 0.109. The van der Waals surface area contributed by atoms with Crippen molar-refractivity contribution in [1.29, 1.82) is 0 Å². The standard InChI is InChI=1S/C14H29N3O3S/c1-16(10-8-15-21(3,18)19)13-5-4-6-14(13)17-9-7-12(11-17)20-2/h12-15H,4-11H2,1-3H3/t12?,13-,14+/m1/s1. The van der Waals surface area contributed by atoms with Crippen LogP contribution in [0, 0.1) is 0 Å². The number of sulfonamides is 1. The van der Waals surface area contributed by atoms with Gasteiger partial charge >= 0.3 is 0 Å². The van der Waals surface area contributed by atoms with Crippen molar-refractivity contribution in [2.24, 2.45) is 0 Å². The molecule has 1 aliphatic carbocycles. The molecule has 0 amide bonds. The quantitative estimate of drug-likeness (QED) is 0.722. The van der Waals surface area contributed by atoms with Crippen LogP contribution in [0.2, 0.25) is 0 Å². The van der Waals surface area contributed by atoms with E-state index in [1.807, 2.05) is 0 Å². The van der Waals surface area contributed by atoms with Crippen LogP contribution in [0.1, 0.15) is 25.7 Å². The number of hydrogen-bond acceptors (Lipinski definition) is 5. The predicted molar refractivity (Wildman–Crippen MR) is 83.9 cm³/mol. The molecule has 3 atom stereocenters. The first kappa shape index (κ1) is 17.1. The maximum Gasteiger partial charge on any atom is 0.208 e. The van der Waals surface area contributed by atoms with Crippen molar-refractivity contribution in [3.63, 3.8) is 0 Å². The van der Waals surface area contributed by atoms with E-state index in [2.05, 4.69) is 21.6 Å². The summed E-state index contributed by atoms with van der Waals surface area (Å²) in [6.45, 7) is 3.40. The Labute approximate surface area is 128 Å². The molecule has 0 aromatic rings. The van der Waals surface area contributed by atoms with Gasteiger partial charge in [-0.2, -0.15) is 0 Å². The average Bonchev–Trinajstić information content (AvgIpc) is 3.05. The zero-order valence-electron chi connectivity index (χ0n) is 13.4. The molecule has 2 fully saturated rings. The van der Waals surface area contributed by atoms with Crippen molar-refractivity contribution in [1.82, 2.24) is 14.5 Å². The van der Waals surface area contributed by atoms with E-state index in [0.717, 1.165) is 26.1 Å². The van der Waals surface area contributed by atoms with E-state index in [9.17, 15) is 8.42 Å². The number of nitrogens with zero attached hydrogens (tertiary/aromatic N) is 2. The zero-order chi connectivity index (χ0) is 15.5. The largest absolute Gasteiger partial charge is 0.380 e. The number of methoxy groups -OCH3 is 1. The number of hydrogen-bond donors (Lipinski definition) is 1. The van der Waals surface area contributed by atoms with Crippen LogP contribution in [0.4, 0.5) is 0 Å². The number of ether oxygens (including phenoxy) is 1. The van der Waals surface area contributed by atoms with Gasteiger partial charge in [0.05, 0.1) is 12.4 Å². The highest BCUT2D eigenvalue weighted by Gasteiger charge is 2.37. The van der Waals surface area contributed by atoms with Crippen LogP contribution in [0.5, 0.6) is 0 Å². The Morgan fingerprint density at radius 1 is 1.33 bits per heavy atom. The minimum Gasteiger partial charge on any atom is -0.380 e. The fourth-order valence-electron chi connectivity index (χ4n) is 3.68. The summed E-state index contributed by atoms with van der Waals surface area (Å²) in [5, 5.41) is 0. The Morgan fingerprint density at radius 3 is 2.71 bits per heavy atom. The van der Waals surface area contributed by atoms with Crippen LogP contribution in [0.15, 0.2) is 0 Å². The highest BCUT2D eigenvalue weighted by Crippen LogP contribution is 2.30. The van der Waals surface area contributed by atoms with Gasteiger partial charge in [0.25, 0.3) is 0 Å². The van der Waals surface area contributed by atoms with Crippen molar-refractivity contribution in [2.75, 3.05) is 46.6 Å². The molecule has 1 heterocycles. The van der Waals surface area contributed by atoms with E-state index >= 15 is 0 Å². The summed E-state index contributed by atoms with van der Waals surface area (Å²) >= 11 is 0. The summed E-state index contributed by atoms with van der Waals surface area (Å²) in [5.41, 5.74) is 0. The summed E-state index contributed by atoms with van der Waals surface area (Å²) in [6, 6.07) is 1.12.